The molecule has 2 heterocycles. The molecule has 0 aliphatic heterocycles. The van der Waals surface area contributed by atoms with Crippen LogP contribution < -0.4 is 15.4 Å². The average molecular weight is 314 g/mol. The molecule has 8 nitrogen and oxygen atoms in total. The van der Waals surface area contributed by atoms with Gasteiger partial charge in [-0.3, -0.25) is 0 Å². The molecule has 0 spiro atoms. The minimum atomic E-state index is 0.456. The van der Waals surface area contributed by atoms with E-state index in [-0.39, 0.29) is 0 Å². The van der Waals surface area contributed by atoms with E-state index in [9.17, 15) is 0 Å². The van der Waals surface area contributed by atoms with Crippen molar-refractivity contribution < 1.29 is 9.47 Å². The van der Waals surface area contributed by atoms with E-state index in [1.807, 2.05) is 24.3 Å². The second kappa shape index (κ2) is 6.93. The van der Waals surface area contributed by atoms with Gasteiger partial charge in [-0.2, -0.15) is 9.97 Å². The van der Waals surface area contributed by atoms with Crippen LogP contribution in [0.3, 0.4) is 0 Å². The fourth-order valence-corrected chi connectivity index (χ4v) is 2.12. The Balaban J connectivity index is 1.87. The molecule has 0 fully saturated rings. The largest absolute Gasteiger partial charge is 0.497 e. The van der Waals surface area contributed by atoms with E-state index < -0.39 is 0 Å². The number of rotatable bonds is 7. The summed E-state index contributed by atoms with van der Waals surface area (Å²) in [5.74, 6) is 1.89. The van der Waals surface area contributed by atoms with Crippen LogP contribution in [0.25, 0.3) is 11.2 Å². The summed E-state index contributed by atoms with van der Waals surface area (Å²) < 4.78 is 10.3. The molecular weight excluding hydrogens is 296 g/mol. The van der Waals surface area contributed by atoms with Crippen molar-refractivity contribution in [1.29, 1.82) is 0 Å². The predicted molar refractivity (Wildman–Crippen MR) is 88.3 cm³/mol. The maximum absolute atomic E-state index is 5.22. The highest BCUT2D eigenvalue weighted by atomic mass is 16.5. The van der Waals surface area contributed by atoms with Gasteiger partial charge in [-0.05, 0) is 12.1 Å². The first-order chi connectivity index (χ1) is 11.3. The Bertz CT molecular complexity index is 788. The van der Waals surface area contributed by atoms with E-state index in [1.54, 1.807) is 20.5 Å². The minimum absolute atomic E-state index is 0.456. The first kappa shape index (κ1) is 15.0. The van der Waals surface area contributed by atoms with Gasteiger partial charge in [0.05, 0.1) is 20.0 Å². The number of anilines is 3. The summed E-state index contributed by atoms with van der Waals surface area (Å²) in [6, 6.07) is 7.56. The molecule has 0 aliphatic carbocycles. The van der Waals surface area contributed by atoms with Crippen molar-refractivity contribution in [2.24, 2.45) is 0 Å². The van der Waals surface area contributed by atoms with Crippen LogP contribution in [0.15, 0.2) is 30.6 Å². The van der Waals surface area contributed by atoms with Crippen molar-refractivity contribution in [2.75, 3.05) is 38.0 Å². The molecule has 0 aliphatic rings. The highest BCUT2D eigenvalue weighted by Gasteiger charge is 2.10. The number of methoxy groups -OCH3 is 2. The minimum Gasteiger partial charge on any atom is -0.497 e. The Morgan fingerprint density at radius 1 is 1.22 bits per heavy atom. The maximum atomic E-state index is 5.22. The van der Waals surface area contributed by atoms with E-state index >= 15 is 0 Å². The number of hydrogen-bond donors (Lipinski definition) is 3. The van der Waals surface area contributed by atoms with Gasteiger partial charge in [0, 0.05) is 25.4 Å². The molecule has 0 bridgehead atoms. The van der Waals surface area contributed by atoms with Crippen LogP contribution in [0.4, 0.5) is 17.5 Å². The highest BCUT2D eigenvalue weighted by Crippen LogP contribution is 2.23. The number of hydrogen-bond acceptors (Lipinski definition) is 7. The monoisotopic (exact) mass is 314 g/mol. The van der Waals surface area contributed by atoms with Crippen LogP contribution in [-0.4, -0.2) is 47.3 Å². The second-order valence-electron chi connectivity index (χ2n) is 4.77. The van der Waals surface area contributed by atoms with Gasteiger partial charge >= 0.3 is 0 Å². The molecule has 0 atom stereocenters. The number of benzene rings is 1. The Labute approximate surface area is 133 Å². The predicted octanol–water partition coefficient (Wildman–Crippen LogP) is 2.16. The zero-order valence-corrected chi connectivity index (χ0v) is 13.0. The van der Waals surface area contributed by atoms with E-state index in [0.717, 1.165) is 17.0 Å². The lowest BCUT2D eigenvalue weighted by Crippen LogP contribution is -2.10. The first-order valence-electron chi connectivity index (χ1n) is 7.15. The van der Waals surface area contributed by atoms with Crippen LogP contribution >= 0.6 is 0 Å². The Morgan fingerprint density at radius 2 is 2.13 bits per heavy atom. The molecule has 3 rings (SSSR count). The van der Waals surface area contributed by atoms with E-state index in [4.69, 9.17) is 9.47 Å². The summed E-state index contributed by atoms with van der Waals surface area (Å²) in [5.41, 5.74) is 2.18. The lowest BCUT2D eigenvalue weighted by Gasteiger charge is -2.10. The smallest absolute Gasteiger partial charge is 0.231 e. The third-order valence-corrected chi connectivity index (χ3v) is 3.21. The van der Waals surface area contributed by atoms with Crippen LogP contribution in [0, 0.1) is 0 Å². The first-order valence-corrected chi connectivity index (χ1v) is 7.15. The molecule has 3 N–H and O–H groups in total. The van der Waals surface area contributed by atoms with Crippen molar-refractivity contribution in [1.82, 2.24) is 19.9 Å². The van der Waals surface area contributed by atoms with Gasteiger partial charge in [-0.15, -0.1) is 0 Å². The van der Waals surface area contributed by atoms with Crippen molar-refractivity contribution in [3.63, 3.8) is 0 Å². The number of aromatic amines is 1. The summed E-state index contributed by atoms with van der Waals surface area (Å²) in [5, 5.41) is 6.38. The Kier molecular flexibility index (Phi) is 4.53. The normalized spacial score (nSPS) is 10.7. The van der Waals surface area contributed by atoms with Gasteiger partial charge in [0.15, 0.2) is 11.5 Å². The molecule has 120 valence electrons. The fourth-order valence-electron chi connectivity index (χ4n) is 2.12. The van der Waals surface area contributed by atoms with Crippen LogP contribution in [0.1, 0.15) is 0 Å². The number of ether oxygens (including phenoxy) is 2. The summed E-state index contributed by atoms with van der Waals surface area (Å²) in [7, 11) is 3.28. The molecule has 0 amide bonds. The van der Waals surface area contributed by atoms with Crippen LogP contribution in [0.2, 0.25) is 0 Å². The molecule has 3 aromatic rings. The summed E-state index contributed by atoms with van der Waals surface area (Å²) in [4.78, 5) is 16.1. The van der Waals surface area contributed by atoms with Crippen LogP contribution in [0.5, 0.6) is 5.75 Å². The number of H-pyrrole nitrogens is 1. The van der Waals surface area contributed by atoms with Gasteiger partial charge in [0.2, 0.25) is 5.95 Å². The highest BCUT2D eigenvalue weighted by molar-refractivity contribution is 5.84. The lowest BCUT2D eigenvalue weighted by molar-refractivity contribution is 0.210. The third-order valence-electron chi connectivity index (χ3n) is 3.21. The van der Waals surface area contributed by atoms with E-state index in [1.165, 1.54) is 0 Å². The summed E-state index contributed by atoms with van der Waals surface area (Å²) in [6.45, 7) is 1.22. The van der Waals surface area contributed by atoms with E-state index in [0.29, 0.717) is 30.6 Å². The van der Waals surface area contributed by atoms with Crippen molar-refractivity contribution in [3.05, 3.63) is 30.6 Å². The number of fused-ring (bicyclic) bond motifs is 1. The average Bonchev–Trinajstić information content (AvgIpc) is 3.04. The van der Waals surface area contributed by atoms with Gasteiger partial charge in [0.25, 0.3) is 0 Å². The maximum Gasteiger partial charge on any atom is 0.231 e. The van der Waals surface area contributed by atoms with Crippen molar-refractivity contribution >= 4 is 28.6 Å². The lowest BCUT2D eigenvalue weighted by atomic mass is 10.3. The third kappa shape index (κ3) is 3.49. The van der Waals surface area contributed by atoms with Crippen LogP contribution in [-0.2, 0) is 4.74 Å². The molecule has 0 saturated heterocycles. The SMILES string of the molecule is COCCNc1nc(Nc2cccc(OC)c2)nc2nc[nH]c12. The number of aromatic nitrogens is 4. The van der Waals surface area contributed by atoms with Crippen molar-refractivity contribution in [3.8, 4) is 5.75 Å². The molecule has 0 saturated carbocycles. The standard InChI is InChI=1S/C15H18N6O2/c1-22-7-6-16-13-12-14(18-9-17-12)21-15(20-13)19-10-4-3-5-11(8-10)23-2/h3-5,8-9H,6-7H2,1-2H3,(H3,16,17,18,19,20,21). The molecule has 0 unspecified atom stereocenters. The topological polar surface area (TPSA) is 97.0 Å². The fraction of sp³-hybridized carbons (Fsp3) is 0.267. The Morgan fingerprint density at radius 3 is 2.96 bits per heavy atom. The summed E-state index contributed by atoms with van der Waals surface area (Å²) >= 11 is 0. The summed E-state index contributed by atoms with van der Waals surface area (Å²) in [6.07, 6.45) is 1.59. The van der Waals surface area contributed by atoms with Gasteiger partial charge in [-0.25, -0.2) is 4.98 Å². The molecule has 2 aromatic heterocycles. The zero-order chi connectivity index (χ0) is 16.1. The zero-order valence-electron chi connectivity index (χ0n) is 13.0. The van der Waals surface area contributed by atoms with E-state index in [2.05, 4.69) is 30.6 Å². The van der Waals surface area contributed by atoms with Gasteiger partial charge in [-0.1, -0.05) is 6.07 Å². The number of nitrogens with zero attached hydrogens (tertiary/aromatic N) is 3. The molecule has 23 heavy (non-hydrogen) atoms. The number of nitrogens with one attached hydrogen (secondary N) is 3. The molecule has 0 radical (unpaired) electrons. The Hall–Kier alpha value is -2.87. The second-order valence-corrected chi connectivity index (χ2v) is 4.77. The van der Waals surface area contributed by atoms with Gasteiger partial charge in [0.1, 0.15) is 11.3 Å². The quantitative estimate of drug-likeness (QED) is 0.575. The molecule has 1 aromatic carbocycles. The number of imidazole rings is 1. The molecular formula is C15H18N6O2. The molecule has 8 heteroatoms. The van der Waals surface area contributed by atoms with Gasteiger partial charge < -0.3 is 25.1 Å². The van der Waals surface area contributed by atoms with Crippen molar-refractivity contribution in [2.45, 2.75) is 0 Å².